The van der Waals surface area contributed by atoms with Crippen LogP contribution in [0.1, 0.15) is 64.2 Å². The number of ketones is 1. The Morgan fingerprint density at radius 1 is 1.00 bits per heavy atom. The maximum atomic E-state index is 15.7. The van der Waals surface area contributed by atoms with Crippen molar-refractivity contribution in [2.75, 3.05) is 0 Å². The summed E-state index contributed by atoms with van der Waals surface area (Å²) < 4.78 is 49.2. The van der Waals surface area contributed by atoms with E-state index in [1.54, 1.807) is 0 Å². The Morgan fingerprint density at radius 2 is 1.43 bits per heavy atom. The summed E-state index contributed by atoms with van der Waals surface area (Å²) in [7, 11) is -5.06. The third-order valence-corrected chi connectivity index (χ3v) is 8.35. The zero-order valence-electron chi connectivity index (χ0n) is 13.3. The molecule has 1 unspecified atom stereocenters. The second kappa shape index (κ2) is 5.01. The van der Waals surface area contributed by atoms with E-state index in [1.165, 1.54) is 0 Å². The Bertz CT molecular complexity index is 587. The maximum Gasteiger partial charge on any atom is 0.308 e. The zero-order chi connectivity index (χ0) is 16.5. The molecule has 0 aromatic carbocycles. The van der Waals surface area contributed by atoms with Crippen LogP contribution >= 0.6 is 0 Å². The lowest BCUT2D eigenvalue weighted by Crippen LogP contribution is -2.59. The van der Waals surface area contributed by atoms with E-state index in [4.69, 9.17) is 0 Å². The molecule has 1 atom stereocenters. The fourth-order valence-corrected chi connectivity index (χ4v) is 7.67. The zero-order valence-corrected chi connectivity index (χ0v) is 14.2. The van der Waals surface area contributed by atoms with Crippen molar-refractivity contribution in [1.29, 1.82) is 0 Å². The normalized spacial score (nSPS) is 42.8. The van der Waals surface area contributed by atoms with E-state index in [1.807, 2.05) is 0 Å². The number of carbonyl (C=O) groups is 1. The number of hydrogen-bond acceptors (Lipinski definition) is 3. The molecule has 4 nitrogen and oxygen atoms in total. The Hall–Kier alpha value is -0.490. The van der Waals surface area contributed by atoms with Crippen molar-refractivity contribution in [2.24, 2.45) is 29.1 Å². The van der Waals surface area contributed by atoms with Crippen LogP contribution < -0.4 is 0 Å². The van der Waals surface area contributed by atoms with Crippen LogP contribution in [-0.2, 0) is 14.9 Å². The summed E-state index contributed by atoms with van der Waals surface area (Å²) in [5, 5.41) is -3.09. The molecule has 5 rings (SSSR count). The quantitative estimate of drug-likeness (QED) is 0.792. The molecule has 4 bridgehead atoms. The molecule has 5 aliphatic rings. The molecule has 5 aliphatic carbocycles. The molecule has 0 spiro atoms. The minimum atomic E-state index is -5.06. The van der Waals surface area contributed by atoms with Gasteiger partial charge in [0.1, 0.15) is 0 Å². The van der Waals surface area contributed by atoms with Gasteiger partial charge in [0.2, 0.25) is 0 Å². The van der Waals surface area contributed by atoms with Crippen molar-refractivity contribution in [2.45, 2.75) is 69.2 Å². The molecule has 0 aromatic rings. The molecule has 0 radical (unpaired) electrons. The molecular weight excluding hydrogens is 319 g/mol. The average molecular weight is 344 g/mol. The van der Waals surface area contributed by atoms with Gasteiger partial charge >= 0.3 is 10.1 Å². The lowest BCUT2D eigenvalue weighted by atomic mass is 9.48. The van der Waals surface area contributed by atoms with Crippen LogP contribution in [0.15, 0.2) is 0 Å². The molecule has 5 fully saturated rings. The lowest BCUT2D eigenvalue weighted by molar-refractivity contribution is -0.154. The van der Waals surface area contributed by atoms with Crippen LogP contribution in [-0.4, -0.2) is 23.8 Å². The van der Waals surface area contributed by atoms with Gasteiger partial charge in [0.15, 0.2) is 5.78 Å². The molecule has 23 heavy (non-hydrogen) atoms. The number of carbonyl (C=O) groups excluding carboxylic acids is 1. The highest BCUT2D eigenvalue weighted by molar-refractivity contribution is 7.88. The van der Waals surface area contributed by atoms with Crippen LogP contribution in [0.4, 0.5) is 4.39 Å². The largest absolute Gasteiger partial charge is 0.308 e. The van der Waals surface area contributed by atoms with Gasteiger partial charge in [-0.25, -0.2) is 4.39 Å². The van der Waals surface area contributed by atoms with Crippen molar-refractivity contribution < 1.29 is 22.2 Å². The van der Waals surface area contributed by atoms with E-state index in [9.17, 15) is 17.8 Å². The lowest BCUT2D eigenvalue weighted by Gasteiger charge is -2.57. The first-order valence-corrected chi connectivity index (χ1v) is 10.4. The average Bonchev–Trinajstić information content (AvgIpc) is 2.97. The molecule has 0 heterocycles. The van der Waals surface area contributed by atoms with Crippen molar-refractivity contribution in [1.82, 2.24) is 0 Å². The minimum Gasteiger partial charge on any atom is -0.294 e. The highest BCUT2D eigenvalue weighted by Gasteiger charge is 2.66. The summed E-state index contributed by atoms with van der Waals surface area (Å²) >= 11 is 0. The summed E-state index contributed by atoms with van der Waals surface area (Å²) in [5.41, 5.74) is -0.845. The van der Waals surface area contributed by atoms with E-state index in [0.29, 0.717) is 49.9 Å². The van der Waals surface area contributed by atoms with Gasteiger partial charge in [-0.3, -0.25) is 9.35 Å². The van der Waals surface area contributed by atoms with Crippen LogP contribution in [0.25, 0.3) is 0 Å². The number of rotatable bonds is 4. The summed E-state index contributed by atoms with van der Waals surface area (Å²) in [6.45, 7) is 0. The van der Waals surface area contributed by atoms with Gasteiger partial charge in [0.05, 0.1) is 0 Å². The monoisotopic (exact) mass is 344 g/mol. The van der Waals surface area contributed by atoms with Crippen LogP contribution in [0, 0.1) is 29.1 Å². The number of halogens is 1. The Kier molecular flexibility index (Phi) is 3.48. The second-order valence-corrected chi connectivity index (χ2v) is 10.2. The highest BCUT2D eigenvalue weighted by atomic mass is 32.2. The summed E-state index contributed by atoms with van der Waals surface area (Å²) in [5.74, 6) is -0.394. The summed E-state index contributed by atoms with van der Waals surface area (Å²) in [6.07, 6.45) is 7.33. The first-order valence-electron chi connectivity index (χ1n) is 8.95. The first-order chi connectivity index (χ1) is 10.7. The maximum absolute atomic E-state index is 15.7. The SMILES string of the molecule is O=C(C12CC3CC(CC(C3)C1)C2)C(F)(C1CCCC1)S(=O)(=O)O. The van der Waals surface area contributed by atoms with E-state index >= 15 is 4.39 Å². The van der Waals surface area contributed by atoms with Gasteiger partial charge in [-0.15, -0.1) is 0 Å². The topological polar surface area (TPSA) is 71.4 Å². The fourth-order valence-electron chi connectivity index (χ4n) is 6.56. The summed E-state index contributed by atoms with van der Waals surface area (Å²) in [6, 6.07) is 0. The Balaban J connectivity index is 1.73. The van der Waals surface area contributed by atoms with E-state index in [-0.39, 0.29) is 0 Å². The standard InChI is InChI=1S/C17H25FO4S/c18-17(23(20,21)22,14-3-1-2-4-14)15(19)16-8-11-5-12(9-16)7-13(6-11)10-16/h11-14H,1-10H2,(H,20,21,22). The van der Waals surface area contributed by atoms with E-state index in [2.05, 4.69) is 0 Å². The van der Waals surface area contributed by atoms with Crippen molar-refractivity contribution >= 4 is 15.9 Å². The minimum absolute atomic E-state index is 0.369. The summed E-state index contributed by atoms with van der Waals surface area (Å²) in [4.78, 5) is 13.2. The van der Waals surface area contributed by atoms with Gasteiger partial charge in [-0.1, -0.05) is 12.8 Å². The van der Waals surface area contributed by atoms with Crippen molar-refractivity contribution in [3.8, 4) is 0 Å². The predicted octanol–water partition coefficient (Wildman–Crippen LogP) is 3.52. The van der Waals surface area contributed by atoms with Crippen LogP contribution in [0.5, 0.6) is 0 Å². The third-order valence-electron chi connectivity index (χ3n) is 7.09. The van der Waals surface area contributed by atoms with Crippen molar-refractivity contribution in [3.63, 3.8) is 0 Å². The second-order valence-electron chi connectivity index (χ2n) is 8.63. The van der Waals surface area contributed by atoms with Gasteiger partial charge in [0.25, 0.3) is 5.00 Å². The fraction of sp³-hybridized carbons (Fsp3) is 0.941. The molecule has 0 amide bonds. The third kappa shape index (κ3) is 2.24. The Labute approximate surface area is 137 Å². The van der Waals surface area contributed by atoms with E-state index < -0.39 is 32.2 Å². The van der Waals surface area contributed by atoms with Gasteiger partial charge in [-0.2, -0.15) is 8.42 Å². The van der Waals surface area contributed by atoms with Gasteiger partial charge < -0.3 is 0 Å². The number of hydrogen-bond donors (Lipinski definition) is 1. The van der Waals surface area contributed by atoms with Gasteiger partial charge in [-0.05, 0) is 69.1 Å². The van der Waals surface area contributed by atoms with Gasteiger partial charge in [0, 0.05) is 11.3 Å². The molecule has 0 aliphatic heterocycles. The smallest absolute Gasteiger partial charge is 0.294 e. The van der Waals surface area contributed by atoms with E-state index in [0.717, 1.165) is 32.1 Å². The molecule has 6 heteroatoms. The first kappa shape index (κ1) is 16.0. The molecule has 0 aromatic heterocycles. The van der Waals surface area contributed by atoms with Crippen molar-refractivity contribution in [3.05, 3.63) is 0 Å². The van der Waals surface area contributed by atoms with Crippen LogP contribution in [0.2, 0.25) is 0 Å². The molecular formula is C17H25FO4S. The molecule has 0 saturated heterocycles. The highest BCUT2D eigenvalue weighted by Crippen LogP contribution is 2.62. The number of alkyl halides is 1. The number of Topliss-reactive ketones (excluding diaryl/α,β-unsaturated/α-hetero) is 1. The molecule has 1 N–H and O–H groups in total. The van der Waals surface area contributed by atoms with Crippen LogP contribution in [0.3, 0.4) is 0 Å². The predicted molar refractivity (Wildman–Crippen MR) is 83.0 cm³/mol. The molecule has 5 saturated carbocycles. The molecule has 130 valence electrons. The Morgan fingerprint density at radius 3 is 1.83 bits per heavy atom.